The average Bonchev–Trinajstić information content (AvgIpc) is 3.94. The fraction of sp³-hybridized carbons (Fsp3) is 0.600. The molecule has 9 amide bonds. The van der Waals surface area contributed by atoms with Crippen molar-refractivity contribution in [2.24, 2.45) is 17.2 Å². The minimum atomic E-state index is -1.83. The van der Waals surface area contributed by atoms with Gasteiger partial charge in [0.25, 0.3) is 0 Å². The van der Waals surface area contributed by atoms with E-state index in [2.05, 4.69) is 31.9 Å². The summed E-state index contributed by atoms with van der Waals surface area (Å²) in [6.07, 6.45) is -3.10. The molecule has 29 nitrogen and oxygen atoms in total. The quantitative estimate of drug-likeness (QED) is 0.0325. The number of benzene rings is 2. The molecule has 3 fully saturated rings. The summed E-state index contributed by atoms with van der Waals surface area (Å²) in [5.41, 5.74) is 17.8. The first-order chi connectivity index (χ1) is 39.9. The second-order valence-electron chi connectivity index (χ2n) is 21.6. The minimum Gasteiger partial charge on any atom is -0.508 e. The van der Waals surface area contributed by atoms with Gasteiger partial charge in [0.1, 0.15) is 65.9 Å². The number of unbranched alkanes of at least 4 members (excludes halogenated alkanes) is 2. The number of aliphatic hydroxyl groups excluding tert-OH is 4. The predicted molar refractivity (Wildman–Crippen MR) is 298 cm³/mol. The van der Waals surface area contributed by atoms with Gasteiger partial charge in [0, 0.05) is 45.3 Å². The van der Waals surface area contributed by atoms with Crippen LogP contribution in [-0.4, -0.2) is 228 Å². The molecule has 3 heterocycles. The first kappa shape index (κ1) is 67.3. The van der Waals surface area contributed by atoms with Gasteiger partial charge >= 0.3 is 5.97 Å². The maximum absolute atomic E-state index is 14.8. The van der Waals surface area contributed by atoms with E-state index in [1.807, 2.05) is 0 Å². The molecule has 19 N–H and O–H groups in total. The molecule has 2 aromatic carbocycles. The molecule has 464 valence electrons. The van der Waals surface area contributed by atoms with E-state index in [0.717, 1.165) is 16.7 Å². The lowest BCUT2D eigenvalue weighted by molar-refractivity contribution is -0.148. The van der Waals surface area contributed by atoms with Crippen molar-refractivity contribution in [3.63, 3.8) is 0 Å². The first-order valence-corrected chi connectivity index (χ1v) is 28.2. The van der Waals surface area contributed by atoms with Gasteiger partial charge in [0.05, 0.1) is 31.0 Å². The highest BCUT2D eigenvalue weighted by molar-refractivity contribution is 5.99. The highest BCUT2D eigenvalue weighted by Gasteiger charge is 2.49. The first-order valence-electron chi connectivity index (χ1n) is 28.2. The SMILES string of the molecule is CC(N)C(=O)NC(CCCCN)C(=O)N1CCCC1C(=O)NC(CO)C(=O)NC(Cc1ccc(O)cc1)C(=O)N1CC(O)CC1C(=O)N1CC(O)CC1C(=O)NC(C(=O)NC(Cc1ccc(O)cc1)C(=O)NC(CCCCN)C(=O)O)C(C)O. The molecule has 0 aromatic heterocycles. The van der Waals surface area contributed by atoms with Crippen LogP contribution in [0.1, 0.15) is 89.2 Å². The molecule has 13 atom stereocenters. The van der Waals surface area contributed by atoms with Crippen molar-refractivity contribution in [3.8, 4) is 11.5 Å². The molecule has 3 saturated heterocycles. The number of aromatic hydroxyl groups is 2. The Kier molecular flexibility index (Phi) is 25.6. The Labute approximate surface area is 485 Å². The molecule has 3 aliphatic rings. The Bertz CT molecular complexity index is 2610. The number of amides is 9. The van der Waals surface area contributed by atoms with Crippen LogP contribution >= 0.6 is 0 Å². The smallest absolute Gasteiger partial charge is 0.326 e. The van der Waals surface area contributed by atoms with E-state index in [9.17, 15) is 83.7 Å². The van der Waals surface area contributed by atoms with Crippen LogP contribution < -0.4 is 49.1 Å². The van der Waals surface area contributed by atoms with Crippen molar-refractivity contribution in [1.29, 1.82) is 0 Å². The summed E-state index contributed by atoms with van der Waals surface area (Å²) >= 11 is 0. The number of carboxylic acid groups (broad SMARTS) is 1. The van der Waals surface area contributed by atoms with Crippen molar-refractivity contribution < 1.29 is 83.7 Å². The molecule has 5 rings (SSSR count). The van der Waals surface area contributed by atoms with Crippen LogP contribution in [0.5, 0.6) is 11.5 Å². The van der Waals surface area contributed by atoms with E-state index in [0.29, 0.717) is 49.8 Å². The van der Waals surface area contributed by atoms with Gasteiger partial charge in [0.2, 0.25) is 53.2 Å². The van der Waals surface area contributed by atoms with Crippen molar-refractivity contribution in [2.45, 2.75) is 170 Å². The van der Waals surface area contributed by atoms with Crippen LogP contribution in [-0.2, 0) is 60.8 Å². The molecule has 0 radical (unpaired) electrons. The molecular weight excluding hydrogens is 1100 g/mol. The van der Waals surface area contributed by atoms with Gasteiger partial charge in [-0.25, -0.2) is 4.79 Å². The highest BCUT2D eigenvalue weighted by Crippen LogP contribution is 2.28. The molecule has 2 aromatic rings. The Balaban J connectivity index is 1.34. The number of β-amino-alcohol motifs (C(OH)–C–C–N with tert-alkyl or cyclic N) is 2. The number of hydrogen-bond donors (Lipinski definition) is 16. The number of nitrogens with one attached hydrogen (secondary N) is 6. The molecule has 0 saturated carbocycles. The molecule has 0 aliphatic carbocycles. The average molecular weight is 1180 g/mol. The Morgan fingerprint density at radius 3 is 1.58 bits per heavy atom. The maximum atomic E-state index is 14.8. The van der Waals surface area contributed by atoms with Gasteiger partial charge in [0.15, 0.2) is 0 Å². The summed E-state index contributed by atoms with van der Waals surface area (Å²) in [6, 6.07) is -3.16. The molecule has 0 bridgehead atoms. The zero-order valence-electron chi connectivity index (χ0n) is 47.1. The fourth-order valence-corrected chi connectivity index (χ4v) is 10.4. The summed E-state index contributed by atoms with van der Waals surface area (Å²) < 4.78 is 0. The topological polar surface area (TPSA) is 472 Å². The maximum Gasteiger partial charge on any atom is 0.326 e. The van der Waals surface area contributed by atoms with Crippen LogP contribution in [0.4, 0.5) is 0 Å². The monoisotopic (exact) mass is 1180 g/mol. The summed E-state index contributed by atoms with van der Waals surface area (Å²) in [6.45, 7) is 1.39. The fourth-order valence-electron chi connectivity index (χ4n) is 10.4. The lowest BCUT2D eigenvalue weighted by atomic mass is 10.0. The lowest BCUT2D eigenvalue weighted by Gasteiger charge is -2.33. The van der Waals surface area contributed by atoms with Crippen molar-refractivity contribution in [3.05, 3.63) is 59.7 Å². The summed E-state index contributed by atoms with van der Waals surface area (Å²) in [5.74, 6) is -9.63. The number of carbonyl (C=O) groups excluding carboxylic acids is 9. The number of likely N-dealkylation sites (tertiary alicyclic amines) is 3. The van der Waals surface area contributed by atoms with Crippen LogP contribution in [0, 0.1) is 0 Å². The molecular formula is C55H82N12O17. The predicted octanol–water partition coefficient (Wildman–Crippen LogP) is -5.23. The summed E-state index contributed by atoms with van der Waals surface area (Å²) in [5, 5.41) is 88.1. The summed E-state index contributed by atoms with van der Waals surface area (Å²) in [4.78, 5) is 141. The second kappa shape index (κ2) is 31.9. The van der Waals surface area contributed by atoms with E-state index in [1.165, 1.54) is 60.4 Å². The third-order valence-electron chi connectivity index (χ3n) is 15.0. The Morgan fingerprint density at radius 1 is 0.571 bits per heavy atom. The number of phenolic OH excluding ortho intramolecular Hbond substituents is 2. The normalized spacial score (nSPS) is 21.4. The zero-order chi connectivity index (χ0) is 61.9. The van der Waals surface area contributed by atoms with Gasteiger partial charge in [-0.2, -0.15) is 0 Å². The lowest BCUT2D eigenvalue weighted by Crippen LogP contribution is -2.61. The number of aliphatic carboxylic acids is 1. The third-order valence-corrected chi connectivity index (χ3v) is 15.0. The molecule has 0 spiro atoms. The number of carboxylic acids is 1. The molecule has 84 heavy (non-hydrogen) atoms. The Morgan fingerprint density at radius 2 is 1.05 bits per heavy atom. The van der Waals surface area contributed by atoms with Gasteiger partial charge in [-0.3, -0.25) is 43.2 Å². The van der Waals surface area contributed by atoms with Crippen molar-refractivity contribution >= 4 is 59.1 Å². The molecule has 13 unspecified atom stereocenters. The van der Waals surface area contributed by atoms with Gasteiger partial charge < -0.3 is 99.5 Å². The molecule has 29 heteroatoms. The number of aliphatic hydroxyl groups is 4. The van der Waals surface area contributed by atoms with Gasteiger partial charge in [-0.15, -0.1) is 0 Å². The zero-order valence-corrected chi connectivity index (χ0v) is 47.1. The van der Waals surface area contributed by atoms with Crippen molar-refractivity contribution in [1.82, 2.24) is 46.6 Å². The largest absolute Gasteiger partial charge is 0.508 e. The van der Waals surface area contributed by atoms with Crippen LogP contribution in [0.15, 0.2) is 48.5 Å². The number of phenols is 2. The minimum absolute atomic E-state index is 0.00679. The second-order valence-corrected chi connectivity index (χ2v) is 21.6. The molecule has 3 aliphatic heterocycles. The van der Waals surface area contributed by atoms with Crippen LogP contribution in [0.25, 0.3) is 0 Å². The summed E-state index contributed by atoms with van der Waals surface area (Å²) in [7, 11) is 0. The van der Waals surface area contributed by atoms with Crippen molar-refractivity contribution in [2.75, 3.05) is 39.3 Å². The Hall–Kier alpha value is -7.54. The number of hydrogen-bond acceptors (Lipinski definition) is 19. The van der Waals surface area contributed by atoms with Gasteiger partial charge in [-0.05, 0) is 114 Å². The van der Waals surface area contributed by atoms with Crippen LogP contribution in [0.3, 0.4) is 0 Å². The van der Waals surface area contributed by atoms with E-state index >= 15 is 0 Å². The van der Waals surface area contributed by atoms with E-state index < -0.39 is 164 Å². The van der Waals surface area contributed by atoms with E-state index in [4.69, 9.17) is 17.2 Å². The standard InChI is InChI=1S/C55H82N12O17/c1-29(58)46(74)59-37(8-3-5-19-56)52(80)65-21-7-10-42(65)49(77)63-41(28-68)48(76)62-40(23-32-13-17-34(71)18-14-32)53(81)67-27-36(73)25-44(67)54(82)66-26-35(72)24-43(66)50(78)64-45(30(2)69)51(79)61-39(22-31-11-15-33(70)16-12-31)47(75)60-38(55(83)84)9-4-6-20-57/h11-18,29-30,35-45,68-73H,3-10,19-28,56-58H2,1-2H3,(H,59,74)(H,60,75)(H,61,79)(H,62,76)(H,63,77)(H,64,78)(H,83,84). The number of nitrogens with two attached hydrogens (primary N) is 3. The highest BCUT2D eigenvalue weighted by atomic mass is 16.4. The van der Waals surface area contributed by atoms with Gasteiger partial charge in [-0.1, -0.05) is 24.3 Å². The number of rotatable bonds is 30. The number of nitrogens with zero attached hydrogens (tertiary/aromatic N) is 3. The van der Waals surface area contributed by atoms with Crippen LogP contribution in [0.2, 0.25) is 0 Å². The van der Waals surface area contributed by atoms with E-state index in [-0.39, 0.29) is 63.1 Å². The third kappa shape index (κ3) is 18.7. The van der Waals surface area contributed by atoms with E-state index in [1.54, 1.807) is 0 Å². The number of carbonyl (C=O) groups is 10.